The van der Waals surface area contributed by atoms with Crippen LogP contribution in [0.3, 0.4) is 0 Å². The van der Waals surface area contributed by atoms with Crippen LogP contribution in [-0.2, 0) is 16.1 Å². The lowest BCUT2D eigenvalue weighted by Gasteiger charge is -2.27. The molecule has 0 radical (unpaired) electrons. The van der Waals surface area contributed by atoms with E-state index in [4.69, 9.17) is 0 Å². The van der Waals surface area contributed by atoms with E-state index >= 15 is 0 Å². The largest absolute Gasteiger partial charge is 0.351 e. The van der Waals surface area contributed by atoms with Crippen LogP contribution >= 0.6 is 0 Å². The number of fused-ring (bicyclic) bond motifs is 1. The molecular formula is C17H12FN3O6. The number of benzene rings is 2. The summed E-state index contributed by atoms with van der Waals surface area (Å²) in [5.41, 5.74) is -0.213. The fourth-order valence-electron chi connectivity index (χ4n) is 2.71. The van der Waals surface area contributed by atoms with Gasteiger partial charge in [0, 0.05) is 18.7 Å². The monoisotopic (exact) mass is 373 g/mol. The fourth-order valence-corrected chi connectivity index (χ4v) is 2.71. The molecule has 1 aliphatic rings. The highest BCUT2D eigenvalue weighted by atomic mass is 19.1. The molecule has 3 amide bonds. The summed E-state index contributed by atoms with van der Waals surface area (Å²) in [7, 11) is 0. The zero-order valence-electron chi connectivity index (χ0n) is 13.6. The molecule has 27 heavy (non-hydrogen) atoms. The van der Waals surface area contributed by atoms with Crippen LogP contribution in [0, 0.1) is 15.9 Å². The minimum absolute atomic E-state index is 0.0232. The van der Waals surface area contributed by atoms with Crippen molar-refractivity contribution >= 4 is 23.4 Å². The number of non-ortho nitro benzene ring substituents is 1. The molecule has 0 aromatic heterocycles. The summed E-state index contributed by atoms with van der Waals surface area (Å²) in [4.78, 5) is 46.9. The van der Waals surface area contributed by atoms with Crippen molar-refractivity contribution in [3.8, 4) is 0 Å². The normalized spacial score (nSPS) is 16.1. The van der Waals surface area contributed by atoms with Gasteiger partial charge in [-0.05, 0) is 23.3 Å². The van der Waals surface area contributed by atoms with Crippen molar-refractivity contribution in [1.82, 2.24) is 10.4 Å². The highest BCUT2D eigenvalue weighted by Crippen LogP contribution is 2.31. The number of imide groups is 1. The van der Waals surface area contributed by atoms with E-state index in [2.05, 4.69) is 5.32 Å². The summed E-state index contributed by atoms with van der Waals surface area (Å²) in [5.74, 6) is -5.13. The van der Waals surface area contributed by atoms with E-state index in [1.807, 2.05) is 0 Å². The van der Waals surface area contributed by atoms with Gasteiger partial charge in [0.1, 0.15) is 11.7 Å². The number of nitrogens with zero attached hydrogens (tertiary/aromatic N) is 2. The Labute approximate surface area is 151 Å². The Bertz CT molecular complexity index is 960. The molecule has 10 heteroatoms. The number of hydroxylamine groups is 2. The van der Waals surface area contributed by atoms with E-state index in [9.17, 15) is 34.1 Å². The molecule has 1 heterocycles. The number of nitro groups is 1. The minimum atomic E-state index is -1.55. The van der Waals surface area contributed by atoms with Crippen molar-refractivity contribution in [1.29, 1.82) is 0 Å². The zero-order valence-corrected chi connectivity index (χ0v) is 13.6. The first kappa shape index (κ1) is 18.1. The number of hydrogen-bond acceptors (Lipinski definition) is 6. The number of rotatable bonds is 4. The average molecular weight is 373 g/mol. The van der Waals surface area contributed by atoms with Crippen molar-refractivity contribution in [2.75, 3.05) is 0 Å². The van der Waals surface area contributed by atoms with Gasteiger partial charge in [-0.15, -0.1) is 0 Å². The second-order valence-electron chi connectivity index (χ2n) is 5.76. The summed E-state index contributed by atoms with van der Waals surface area (Å²) in [6.07, 6.45) is 0. The first-order valence-corrected chi connectivity index (χ1v) is 7.67. The number of halogens is 1. The molecule has 0 aliphatic carbocycles. The summed E-state index contributed by atoms with van der Waals surface area (Å²) in [6, 6.07) is 8.39. The molecule has 3 rings (SSSR count). The molecule has 1 atom stereocenters. The maximum Gasteiger partial charge on any atom is 0.285 e. The first-order chi connectivity index (χ1) is 12.8. The predicted octanol–water partition coefficient (Wildman–Crippen LogP) is 1.51. The van der Waals surface area contributed by atoms with Gasteiger partial charge in [-0.2, -0.15) is 5.06 Å². The van der Waals surface area contributed by atoms with Crippen molar-refractivity contribution in [2.45, 2.75) is 12.5 Å². The molecule has 0 spiro atoms. The third-order valence-electron chi connectivity index (χ3n) is 4.08. The third-order valence-corrected chi connectivity index (χ3v) is 4.08. The highest BCUT2D eigenvalue weighted by Gasteiger charge is 2.43. The Morgan fingerprint density at radius 2 is 1.89 bits per heavy atom. The molecule has 2 aromatic rings. The molecule has 0 saturated carbocycles. The van der Waals surface area contributed by atoms with Crippen LogP contribution in [0.15, 0.2) is 42.5 Å². The van der Waals surface area contributed by atoms with Gasteiger partial charge in [-0.3, -0.25) is 29.7 Å². The molecule has 0 fully saturated rings. The fraction of sp³-hybridized carbons (Fsp3) is 0.118. The first-order valence-electron chi connectivity index (χ1n) is 7.67. The van der Waals surface area contributed by atoms with Gasteiger partial charge in [-0.1, -0.05) is 18.2 Å². The molecule has 2 aromatic carbocycles. The van der Waals surface area contributed by atoms with Crippen LogP contribution in [0.4, 0.5) is 10.1 Å². The van der Waals surface area contributed by atoms with Crippen molar-refractivity contribution in [3.05, 3.63) is 75.1 Å². The molecule has 2 N–H and O–H groups in total. The van der Waals surface area contributed by atoms with Crippen molar-refractivity contribution < 1.29 is 28.9 Å². The van der Waals surface area contributed by atoms with Crippen molar-refractivity contribution in [3.63, 3.8) is 0 Å². The second kappa shape index (κ2) is 6.92. The maximum atomic E-state index is 12.9. The van der Waals surface area contributed by atoms with Crippen LogP contribution in [0.1, 0.15) is 27.4 Å². The number of nitro benzene ring substituents is 1. The molecule has 1 aliphatic heterocycles. The molecule has 138 valence electrons. The van der Waals surface area contributed by atoms with Gasteiger partial charge in [0.15, 0.2) is 0 Å². The van der Waals surface area contributed by atoms with Crippen LogP contribution in [-0.4, -0.2) is 32.9 Å². The quantitative estimate of drug-likeness (QED) is 0.275. The lowest BCUT2D eigenvalue weighted by Crippen LogP contribution is -2.47. The van der Waals surface area contributed by atoms with E-state index < -0.39 is 40.1 Å². The number of carbonyl (C=O) groups is 3. The zero-order chi connectivity index (χ0) is 19.7. The molecule has 1 unspecified atom stereocenters. The lowest BCUT2D eigenvalue weighted by molar-refractivity contribution is -0.384. The Balaban J connectivity index is 1.90. The summed E-state index contributed by atoms with van der Waals surface area (Å²) >= 11 is 0. The maximum absolute atomic E-state index is 12.9. The molecule has 0 saturated heterocycles. The summed E-state index contributed by atoms with van der Waals surface area (Å²) < 4.78 is 12.9. The predicted molar refractivity (Wildman–Crippen MR) is 87.0 cm³/mol. The Morgan fingerprint density at radius 3 is 2.52 bits per heavy atom. The Morgan fingerprint density at radius 1 is 1.22 bits per heavy atom. The van der Waals surface area contributed by atoms with Crippen LogP contribution in [0.2, 0.25) is 0 Å². The average Bonchev–Trinajstić information content (AvgIpc) is 2.65. The van der Waals surface area contributed by atoms with E-state index in [0.717, 1.165) is 18.2 Å². The summed E-state index contributed by atoms with van der Waals surface area (Å²) in [6.45, 7) is -0.0232. The highest BCUT2D eigenvalue weighted by molar-refractivity contribution is 6.18. The van der Waals surface area contributed by atoms with Crippen LogP contribution in [0.5, 0.6) is 0 Å². The number of carbonyl (C=O) groups excluding carboxylic acids is 3. The smallest absolute Gasteiger partial charge is 0.285 e. The topological polar surface area (TPSA) is 130 Å². The molecular weight excluding hydrogens is 361 g/mol. The number of nitrogens with one attached hydrogen (secondary N) is 1. The number of hydrogen-bond donors (Lipinski definition) is 2. The standard InChI is InChI=1S/C17H12FN3O6/c18-10-3-1-9(2-4-10)8-19-15(22)14-12-6-5-11(21(26)27)7-13(12)16(23)20(25)17(14)24/h1-7,14,25H,8H2,(H,19,22). The van der Waals surface area contributed by atoms with E-state index in [-0.39, 0.29) is 22.7 Å². The van der Waals surface area contributed by atoms with E-state index in [1.54, 1.807) is 0 Å². The lowest BCUT2D eigenvalue weighted by atomic mass is 9.88. The Hall–Kier alpha value is -3.66. The van der Waals surface area contributed by atoms with E-state index in [1.165, 1.54) is 24.3 Å². The van der Waals surface area contributed by atoms with Crippen LogP contribution in [0.25, 0.3) is 0 Å². The van der Waals surface area contributed by atoms with Crippen LogP contribution < -0.4 is 5.32 Å². The van der Waals surface area contributed by atoms with E-state index in [0.29, 0.717) is 5.56 Å². The van der Waals surface area contributed by atoms with Gasteiger partial charge >= 0.3 is 0 Å². The Kier molecular flexibility index (Phi) is 4.65. The van der Waals surface area contributed by atoms with Gasteiger partial charge in [0.25, 0.3) is 17.5 Å². The van der Waals surface area contributed by atoms with Gasteiger partial charge < -0.3 is 5.32 Å². The van der Waals surface area contributed by atoms with Gasteiger partial charge in [0.2, 0.25) is 5.91 Å². The second-order valence-corrected chi connectivity index (χ2v) is 5.76. The summed E-state index contributed by atoms with van der Waals surface area (Å²) in [5, 5.41) is 22.8. The van der Waals surface area contributed by atoms with Gasteiger partial charge in [0.05, 0.1) is 10.5 Å². The minimum Gasteiger partial charge on any atom is -0.351 e. The van der Waals surface area contributed by atoms with Crippen molar-refractivity contribution in [2.24, 2.45) is 0 Å². The van der Waals surface area contributed by atoms with Gasteiger partial charge in [-0.25, -0.2) is 4.39 Å². The third kappa shape index (κ3) is 3.37. The SMILES string of the molecule is O=C(NCc1ccc(F)cc1)C1C(=O)N(O)C(=O)c2cc([N+](=O)[O-])ccc21. The molecule has 9 nitrogen and oxygen atoms in total. The molecule has 0 bridgehead atoms. The number of amides is 3.